The summed E-state index contributed by atoms with van der Waals surface area (Å²) in [5.74, 6) is 0.446. The van der Waals surface area contributed by atoms with Crippen molar-refractivity contribution in [3.05, 3.63) is 18.3 Å². The molecule has 0 radical (unpaired) electrons. The van der Waals surface area contributed by atoms with Crippen LogP contribution in [0, 0.1) is 0 Å². The fourth-order valence-electron chi connectivity index (χ4n) is 0.975. The largest absolute Gasteiger partial charge is 0.391 e. The van der Waals surface area contributed by atoms with Gasteiger partial charge in [-0.3, -0.25) is 0 Å². The molecule has 0 spiro atoms. The zero-order chi connectivity index (χ0) is 10.8. The normalized spacial score (nSPS) is 13.7. The maximum Gasteiger partial charge on any atom is 0.146 e. The van der Waals surface area contributed by atoms with E-state index in [9.17, 15) is 5.11 Å². The monoisotopic (exact) mass is 195 g/mol. The highest BCUT2D eigenvalue weighted by Crippen LogP contribution is 2.21. The maximum absolute atomic E-state index is 9.51. The predicted octanol–water partition coefficient (Wildman–Crippen LogP) is 1.24. The molecule has 0 aliphatic heterocycles. The molecule has 4 N–H and O–H groups in total. The van der Waals surface area contributed by atoms with Crippen LogP contribution < -0.4 is 11.1 Å². The second-order valence-electron chi connectivity index (χ2n) is 3.96. The van der Waals surface area contributed by atoms with Crippen LogP contribution in [-0.2, 0) is 0 Å². The van der Waals surface area contributed by atoms with E-state index in [0.29, 0.717) is 5.82 Å². The van der Waals surface area contributed by atoms with Gasteiger partial charge in [0.1, 0.15) is 5.82 Å². The highest BCUT2D eigenvalue weighted by molar-refractivity contribution is 5.62. The average Bonchev–Trinajstić information content (AvgIpc) is 2.08. The SMILES string of the molecule is CC(O)C(C)(C)Nc1cccnc1N. The van der Waals surface area contributed by atoms with Gasteiger partial charge < -0.3 is 16.2 Å². The van der Waals surface area contributed by atoms with Crippen molar-refractivity contribution in [3.8, 4) is 0 Å². The lowest BCUT2D eigenvalue weighted by Gasteiger charge is -2.30. The predicted molar refractivity (Wildman–Crippen MR) is 58.0 cm³/mol. The summed E-state index contributed by atoms with van der Waals surface area (Å²) < 4.78 is 0. The first kappa shape index (κ1) is 10.8. The van der Waals surface area contributed by atoms with E-state index < -0.39 is 11.6 Å². The van der Waals surface area contributed by atoms with E-state index in [1.54, 1.807) is 19.2 Å². The molecule has 0 saturated heterocycles. The van der Waals surface area contributed by atoms with Crippen molar-refractivity contribution in [1.29, 1.82) is 0 Å². The number of anilines is 2. The van der Waals surface area contributed by atoms with Crippen molar-refractivity contribution in [2.75, 3.05) is 11.1 Å². The molecule has 0 aliphatic rings. The molecule has 1 aromatic heterocycles. The van der Waals surface area contributed by atoms with Crippen LogP contribution in [0.5, 0.6) is 0 Å². The molecule has 4 nitrogen and oxygen atoms in total. The van der Waals surface area contributed by atoms with Crippen LogP contribution >= 0.6 is 0 Å². The number of rotatable bonds is 3. The summed E-state index contributed by atoms with van der Waals surface area (Å²) in [6, 6.07) is 3.64. The summed E-state index contributed by atoms with van der Waals surface area (Å²) in [6.07, 6.45) is 1.16. The summed E-state index contributed by atoms with van der Waals surface area (Å²) in [6.45, 7) is 5.55. The van der Waals surface area contributed by atoms with Crippen LogP contribution in [0.3, 0.4) is 0 Å². The van der Waals surface area contributed by atoms with E-state index in [1.165, 1.54) is 0 Å². The Morgan fingerprint density at radius 3 is 2.71 bits per heavy atom. The van der Waals surface area contributed by atoms with Crippen LogP contribution in [-0.4, -0.2) is 21.7 Å². The van der Waals surface area contributed by atoms with Gasteiger partial charge >= 0.3 is 0 Å². The molecule has 4 heteroatoms. The van der Waals surface area contributed by atoms with E-state index >= 15 is 0 Å². The summed E-state index contributed by atoms with van der Waals surface area (Å²) in [5, 5.41) is 12.7. The molecule has 0 aromatic carbocycles. The van der Waals surface area contributed by atoms with Gasteiger partial charge in [0, 0.05) is 6.20 Å². The number of aliphatic hydroxyl groups is 1. The number of nitrogens with zero attached hydrogens (tertiary/aromatic N) is 1. The van der Waals surface area contributed by atoms with Crippen molar-refractivity contribution in [3.63, 3.8) is 0 Å². The van der Waals surface area contributed by atoms with Crippen LogP contribution in [0.25, 0.3) is 0 Å². The summed E-state index contributed by atoms with van der Waals surface area (Å²) in [5.41, 5.74) is 6.00. The van der Waals surface area contributed by atoms with Gasteiger partial charge in [-0.1, -0.05) is 0 Å². The minimum atomic E-state index is -0.470. The lowest BCUT2D eigenvalue weighted by molar-refractivity contribution is 0.133. The Labute approximate surface area is 84.2 Å². The summed E-state index contributed by atoms with van der Waals surface area (Å²) in [7, 11) is 0. The molecule has 1 heterocycles. The number of pyridine rings is 1. The van der Waals surface area contributed by atoms with Crippen LogP contribution in [0.2, 0.25) is 0 Å². The molecule has 0 aliphatic carbocycles. The molecular formula is C10H17N3O. The highest BCUT2D eigenvalue weighted by Gasteiger charge is 2.24. The van der Waals surface area contributed by atoms with Crippen molar-refractivity contribution >= 4 is 11.5 Å². The molecular weight excluding hydrogens is 178 g/mol. The Hall–Kier alpha value is -1.29. The van der Waals surface area contributed by atoms with Gasteiger partial charge in [0.25, 0.3) is 0 Å². The van der Waals surface area contributed by atoms with Gasteiger partial charge in [-0.2, -0.15) is 0 Å². The first-order valence-electron chi connectivity index (χ1n) is 4.60. The number of aromatic nitrogens is 1. The Bertz CT molecular complexity index is 310. The Balaban J connectivity index is 2.84. The van der Waals surface area contributed by atoms with Gasteiger partial charge in [-0.15, -0.1) is 0 Å². The molecule has 1 unspecified atom stereocenters. The molecule has 0 saturated carbocycles. The molecule has 1 atom stereocenters. The van der Waals surface area contributed by atoms with E-state index in [4.69, 9.17) is 5.73 Å². The van der Waals surface area contributed by atoms with Crippen molar-refractivity contribution in [2.24, 2.45) is 0 Å². The molecule has 0 fully saturated rings. The maximum atomic E-state index is 9.51. The van der Waals surface area contributed by atoms with Gasteiger partial charge in [0.15, 0.2) is 0 Å². The standard InChI is InChI=1S/C10H17N3O/c1-7(14)10(2,3)13-8-5-4-6-12-9(8)11/h4-7,13-14H,1-3H3,(H2,11,12). The quantitative estimate of drug-likeness (QED) is 0.678. The number of hydrogen-bond acceptors (Lipinski definition) is 4. The fourth-order valence-corrected chi connectivity index (χ4v) is 0.975. The van der Waals surface area contributed by atoms with E-state index in [1.807, 2.05) is 19.9 Å². The van der Waals surface area contributed by atoms with E-state index in [2.05, 4.69) is 10.3 Å². The lowest BCUT2D eigenvalue weighted by Crippen LogP contribution is -2.42. The van der Waals surface area contributed by atoms with Gasteiger partial charge in [-0.25, -0.2) is 4.98 Å². The second-order valence-corrected chi connectivity index (χ2v) is 3.96. The summed E-state index contributed by atoms with van der Waals surface area (Å²) in [4.78, 5) is 3.96. The third kappa shape index (κ3) is 2.35. The Morgan fingerprint density at radius 1 is 1.57 bits per heavy atom. The Kier molecular flexibility index (Phi) is 2.96. The molecule has 14 heavy (non-hydrogen) atoms. The van der Waals surface area contributed by atoms with Gasteiger partial charge in [0.2, 0.25) is 0 Å². The van der Waals surface area contributed by atoms with Crippen molar-refractivity contribution in [2.45, 2.75) is 32.4 Å². The topological polar surface area (TPSA) is 71.2 Å². The van der Waals surface area contributed by atoms with Crippen molar-refractivity contribution < 1.29 is 5.11 Å². The molecule has 78 valence electrons. The minimum absolute atomic E-state index is 0.419. The van der Waals surface area contributed by atoms with Crippen LogP contribution in [0.1, 0.15) is 20.8 Å². The van der Waals surface area contributed by atoms with Gasteiger partial charge in [0.05, 0.1) is 17.3 Å². The summed E-state index contributed by atoms with van der Waals surface area (Å²) >= 11 is 0. The average molecular weight is 195 g/mol. The van der Waals surface area contributed by atoms with E-state index in [-0.39, 0.29) is 0 Å². The third-order valence-corrected chi connectivity index (χ3v) is 2.34. The first-order valence-corrected chi connectivity index (χ1v) is 4.60. The van der Waals surface area contributed by atoms with E-state index in [0.717, 1.165) is 5.69 Å². The molecule has 1 rings (SSSR count). The highest BCUT2D eigenvalue weighted by atomic mass is 16.3. The first-order chi connectivity index (χ1) is 6.43. The number of nitrogens with one attached hydrogen (secondary N) is 1. The molecule has 0 amide bonds. The van der Waals surface area contributed by atoms with Gasteiger partial charge in [-0.05, 0) is 32.9 Å². The van der Waals surface area contributed by atoms with Crippen LogP contribution in [0.15, 0.2) is 18.3 Å². The number of hydrogen-bond donors (Lipinski definition) is 3. The fraction of sp³-hybridized carbons (Fsp3) is 0.500. The molecule has 1 aromatic rings. The number of nitrogens with two attached hydrogens (primary N) is 1. The zero-order valence-electron chi connectivity index (χ0n) is 8.78. The number of aliphatic hydroxyl groups excluding tert-OH is 1. The molecule has 0 bridgehead atoms. The lowest BCUT2D eigenvalue weighted by atomic mass is 9.98. The third-order valence-electron chi connectivity index (χ3n) is 2.34. The smallest absolute Gasteiger partial charge is 0.146 e. The van der Waals surface area contributed by atoms with Crippen molar-refractivity contribution in [1.82, 2.24) is 4.98 Å². The van der Waals surface area contributed by atoms with Crippen LogP contribution in [0.4, 0.5) is 11.5 Å². The minimum Gasteiger partial charge on any atom is -0.391 e. The second kappa shape index (κ2) is 3.84. The zero-order valence-corrected chi connectivity index (χ0v) is 8.78. The Morgan fingerprint density at radius 2 is 2.21 bits per heavy atom. The number of nitrogen functional groups attached to an aromatic ring is 1.